The maximum atomic E-state index is 15.9. The Hall–Kier alpha value is -2.38. The van der Waals surface area contributed by atoms with Gasteiger partial charge in [-0.3, -0.25) is 9.59 Å². The molecule has 420 valence electrons. The molecule has 0 saturated carbocycles. The Morgan fingerprint density at radius 2 is 0.395 bits per heavy atom. The number of benzene rings is 2. The SMILES string of the molecule is CCCCCCCCCCCCc1cc2c(s1)c1c(c3sc(CCCCCCCCCCCC)cc32)C(=O)c2c(c3sc(CCCCCCCCCCCC)cc3c3cc(CCCCCCCCCCCC)sc23)C1=O. The quantitative estimate of drug-likeness (QED) is 0.0357. The van der Waals surface area contributed by atoms with E-state index in [1.54, 1.807) is 0 Å². The molecule has 1 aliphatic rings. The van der Waals surface area contributed by atoms with Crippen molar-refractivity contribution in [2.24, 2.45) is 0 Å². The van der Waals surface area contributed by atoms with Crippen LogP contribution in [-0.4, -0.2) is 11.6 Å². The molecule has 2 aromatic carbocycles. The highest BCUT2D eigenvalue weighted by molar-refractivity contribution is 7.23. The highest BCUT2D eigenvalue weighted by Gasteiger charge is 2.39. The van der Waals surface area contributed by atoms with Crippen molar-refractivity contribution in [3.05, 3.63) is 66.0 Å². The van der Waals surface area contributed by atoms with Gasteiger partial charge in [0.1, 0.15) is 0 Å². The number of unbranched alkanes of at least 4 members (excludes halogenated alkanes) is 36. The van der Waals surface area contributed by atoms with E-state index in [1.165, 1.54) is 298 Å². The van der Waals surface area contributed by atoms with E-state index in [9.17, 15) is 0 Å². The Morgan fingerprint density at radius 1 is 0.237 bits per heavy atom. The van der Waals surface area contributed by atoms with Crippen LogP contribution in [0.2, 0.25) is 0 Å². The topological polar surface area (TPSA) is 34.1 Å². The van der Waals surface area contributed by atoms with Crippen LogP contribution in [0.15, 0.2) is 24.3 Å². The first-order chi connectivity index (χ1) is 37.5. The molecule has 0 saturated heterocycles. The van der Waals surface area contributed by atoms with E-state index < -0.39 is 0 Å². The summed E-state index contributed by atoms with van der Waals surface area (Å²) in [6, 6.07) is 9.76. The van der Waals surface area contributed by atoms with Gasteiger partial charge in [0.2, 0.25) is 0 Å². The summed E-state index contributed by atoms with van der Waals surface area (Å²) in [6.07, 6.45) is 57.5. The normalized spacial score (nSPS) is 12.7. The summed E-state index contributed by atoms with van der Waals surface area (Å²) in [4.78, 5) is 37.3. The van der Waals surface area contributed by atoms with Crippen LogP contribution in [0, 0.1) is 0 Å². The largest absolute Gasteiger partial charge is 0.288 e. The lowest BCUT2D eigenvalue weighted by Gasteiger charge is -2.21. The molecular formula is C70H104O2S4. The summed E-state index contributed by atoms with van der Waals surface area (Å²) < 4.78 is 4.28. The maximum Gasteiger partial charge on any atom is 0.197 e. The van der Waals surface area contributed by atoms with Gasteiger partial charge in [-0.1, -0.05) is 259 Å². The Bertz CT molecular complexity index is 2270. The second-order valence-corrected chi connectivity index (χ2v) is 28.3. The molecule has 7 rings (SSSR count). The van der Waals surface area contributed by atoms with Crippen molar-refractivity contribution in [2.45, 2.75) is 310 Å². The molecule has 6 aromatic rings. The van der Waals surface area contributed by atoms with Crippen molar-refractivity contribution in [1.29, 1.82) is 0 Å². The molecule has 6 heteroatoms. The predicted octanol–water partition coefficient (Wildman–Crippen LogP) is 25.2. The van der Waals surface area contributed by atoms with Crippen LogP contribution in [0.3, 0.4) is 0 Å². The van der Waals surface area contributed by atoms with E-state index in [1.807, 2.05) is 45.3 Å². The third-order valence-electron chi connectivity index (χ3n) is 17.1. The van der Waals surface area contributed by atoms with E-state index in [0.717, 1.165) is 66.7 Å². The summed E-state index contributed by atoms with van der Waals surface area (Å²) in [5.74, 6) is 0.217. The van der Waals surface area contributed by atoms with Gasteiger partial charge in [0.05, 0.1) is 22.3 Å². The zero-order chi connectivity index (χ0) is 53.2. The number of aryl methyl sites for hydroxylation is 4. The first kappa shape index (κ1) is 61.2. The lowest BCUT2D eigenvalue weighted by molar-refractivity contribution is 0.0984. The molecule has 0 atom stereocenters. The summed E-state index contributed by atoms with van der Waals surface area (Å²) in [7, 11) is 0. The Balaban J connectivity index is 1.15. The summed E-state index contributed by atoms with van der Waals surface area (Å²) in [6.45, 7) is 9.20. The molecule has 0 N–H and O–H groups in total. The monoisotopic (exact) mass is 1100 g/mol. The third-order valence-corrected chi connectivity index (χ3v) is 22.0. The van der Waals surface area contributed by atoms with Gasteiger partial charge in [-0.15, -0.1) is 45.3 Å². The minimum Gasteiger partial charge on any atom is -0.288 e. The average Bonchev–Trinajstić information content (AvgIpc) is 4.43. The molecule has 2 nitrogen and oxygen atoms in total. The van der Waals surface area contributed by atoms with Crippen molar-refractivity contribution in [3.63, 3.8) is 0 Å². The van der Waals surface area contributed by atoms with Gasteiger partial charge in [-0.2, -0.15) is 0 Å². The number of hydrogen-bond acceptors (Lipinski definition) is 6. The van der Waals surface area contributed by atoms with Crippen LogP contribution in [0.1, 0.15) is 336 Å². The second-order valence-electron chi connectivity index (χ2n) is 23.7. The van der Waals surface area contributed by atoms with Crippen LogP contribution in [0.25, 0.3) is 40.3 Å². The molecule has 4 heterocycles. The van der Waals surface area contributed by atoms with Crippen molar-refractivity contribution in [1.82, 2.24) is 0 Å². The fourth-order valence-electron chi connectivity index (χ4n) is 12.5. The van der Waals surface area contributed by atoms with Crippen molar-refractivity contribution >= 4 is 97.3 Å². The maximum absolute atomic E-state index is 15.9. The molecule has 0 unspecified atom stereocenters. The van der Waals surface area contributed by atoms with Gasteiger partial charge in [0, 0.05) is 59.9 Å². The van der Waals surface area contributed by atoms with E-state index in [0.29, 0.717) is 0 Å². The number of ketones is 2. The van der Waals surface area contributed by atoms with Crippen LogP contribution in [0.5, 0.6) is 0 Å². The number of fused-ring (bicyclic) bond motifs is 12. The van der Waals surface area contributed by atoms with Gasteiger partial charge < -0.3 is 0 Å². The van der Waals surface area contributed by atoms with Crippen LogP contribution < -0.4 is 0 Å². The molecule has 4 aromatic heterocycles. The fourth-order valence-corrected chi connectivity index (χ4v) is 17.6. The van der Waals surface area contributed by atoms with Crippen molar-refractivity contribution in [2.75, 3.05) is 0 Å². The van der Waals surface area contributed by atoms with E-state index in [4.69, 9.17) is 0 Å². The Labute approximate surface area is 479 Å². The first-order valence-electron chi connectivity index (χ1n) is 32.6. The lowest BCUT2D eigenvalue weighted by atomic mass is 9.81. The highest BCUT2D eigenvalue weighted by Crippen LogP contribution is 2.51. The molecule has 0 bridgehead atoms. The fraction of sp³-hybridized carbons (Fsp3) is 0.686. The molecule has 0 fully saturated rings. The highest BCUT2D eigenvalue weighted by atomic mass is 32.1. The first-order valence-corrected chi connectivity index (χ1v) is 35.9. The number of carbonyl (C=O) groups is 2. The zero-order valence-corrected chi connectivity index (χ0v) is 52.1. The van der Waals surface area contributed by atoms with E-state index in [2.05, 4.69) is 52.0 Å². The van der Waals surface area contributed by atoms with Crippen LogP contribution in [-0.2, 0) is 25.7 Å². The van der Waals surface area contributed by atoms with Gasteiger partial charge >= 0.3 is 0 Å². The number of thiophene rings is 4. The molecule has 1 aliphatic carbocycles. The standard InChI is InChI=1S/C70H104O2S4/c1-5-9-13-17-21-25-29-33-37-41-45-53-49-57-58-50-54(46-42-38-34-30-26-22-18-14-10-6-2)74-68(58)62-61(67(57)73-53)65(71)63-64(66(62)72)70-60(52-56(76-70)48-44-40-36-32-28-24-20-16-12-8-4)59-51-55(75-69(59)63)47-43-39-35-31-27-23-19-15-11-7-3/h49-52H,5-48H2,1-4H3. The van der Waals surface area contributed by atoms with Gasteiger partial charge in [0.25, 0.3) is 0 Å². The summed E-state index contributed by atoms with van der Waals surface area (Å²) >= 11 is 7.32. The minimum absolute atomic E-state index is 0.109. The predicted molar refractivity (Wildman–Crippen MR) is 343 cm³/mol. The van der Waals surface area contributed by atoms with E-state index >= 15 is 9.59 Å². The van der Waals surface area contributed by atoms with E-state index in [-0.39, 0.29) is 11.6 Å². The molecule has 0 radical (unpaired) electrons. The molecule has 76 heavy (non-hydrogen) atoms. The van der Waals surface area contributed by atoms with Crippen molar-refractivity contribution < 1.29 is 9.59 Å². The van der Waals surface area contributed by atoms with Crippen LogP contribution in [0.4, 0.5) is 0 Å². The zero-order valence-electron chi connectivity index (χ0n) is 48.9. The molecule has 0 amide bonds. The number of rotatable bonds is 44. The van der Waals surface area contributed by atoms with Gasteiger partial charge in [-0.25, -0.2) is 0 Å². The number of hydrogen-bond donors (Lipinski definition) is 0. The number of carbonyl (C=O) groups excluding carboxylic acids is 2. The lowest BCUT2D eigenvalue weighted by Crippen LogP contribution is -2.21. The average molecular weight is 1110 g/mol. The molecule has 0 aliphatic heterocycles. The van der Waals surface area contributed by atoms with Gasteiger partial charge in [0.15, 0.2) is 11.6 Å². The molecular weight excluding hydrogens is 1000 g/mol. The Morgan fingerprint density at radius 3 is 0.566 bits per heavy atom. The second kappa shape index (κ2) is 34.7. The van der Waals surface area contributed by atoms with Crippen molar-refractivity contribution in [3.8, 4) is 0 Å². The van der Waals surface area contributed by atoms with Crippen LogP contribution >= 0.6 is 45.3 Å². The minimum atomic E-state index is 0.109. The smallest absolute Gasteiger partial charge is 0.197 e. The summed E-state index contributed by atoms with van der Waals surface area (Å²) in [5.41, 5.74) is 2.89. The summed E-state index contributed by atoms with van der Waals surface area (Å²) in [5, 5.41) is 4.87. The molecule has 0 spiro atoms. The third kappa shape index (κ3) is 17.8. The van der Waals surface area contributed by atoms with Gasteiger partial charge in [-0.05, 0) is 75.6 Å². The Kier molecular flexibility index (Phi) is 28.0.